The molecule has 1 aromatic heterocycles. The smallest absolute Gasteiger partial charge is 0.227 e. The molecule has 4 nitrogen and oxygen atoms in total. The van der Waals surface area contributed by atoms with Crippen LogP contribution in [0, 0.1) is 17.2 Å². The van der Waals surface area contributed by atoms with Crippen molar-refractivity contribution in [3.8, 4) is 17.3 Å². The van der Waals surface area contributed by atoms with Gasteiger partial charge < -0.3 is 10.3 Å². The zero-order valence-electron chi connectivity index (χ0n) is 11.7. The second-order valence-corrected chi connectivity index (χ2v) is 5.43. The van der Waals surface area contributed by atoms with Crippen LogP contribution >= 0.6 is 0 Å². The lowest BCUT2D eigenvalue weighted by atomic mass is 9.85. The molecule has 1 fully saturated rings. The van der Waals surface area contributed by atoms with E-state index in [1.54, 1.807) is 0 Å². The van der Waals surface area contributed by atoms with Gasteiger partial charge >= 0.3 is 0 Å². The molecule has 106 valence electrons. The summed E-state index contributed by atoms with van der Waals surface area (Å²) < 4.78 is 0. The number of aromatic amines is 1. The second-order valence-electron chi connectivity index (χ2n) is 5.43. The van der Waals surface area contributed by atoms with Gasteiger partial charge in [-0.3, -0.25) is 4.79 Å². The first-order chi connectivity index (χ1) is 10.3. The molecule has 1 amide bonds. The molecule has 3 rings (SSSR count). The van der Waals surface area contributed by atoms with Crippen molar-refractivity contribution < 1.29 is 4.79 Å². The fourth-order valence-corrected chi connectivity index (χ4v) is 2.44. The Kier molecular flexibility index (Phi) is 3.74. The monoisotopic (exact) mass is 279 g/mol. The Morgan fingerprint density at radius 1 is 1.24 bits per heavy atom. The number of hydrogen-bond acceptors (Lipinski definition) is 2. The molecule has 1 heterocycles. The van der Waals surface area contributed by atoms with Gasteiger partial charge in [0.15, 0.2) is 0 Å². The normalized spacial score (nSPS) is 14.2. The SMILES string of the molecule is N#CCc1ccc(-c2ccc(NC(=O)C3CCC3)cc2)[nH]1. The Hall–Kier alpha value is -2.54. The van der Waals surface area contributed by atoms with E-state index in [0.717, 1.165) is 41.9 Å². The fourth-order valence-electron chi connectivity index (χ4n) is 2.44. The van der Waals surface area contributed by atoms with Crippen molar-refractivity contribution >= 4 is 11.6 Å². The van der Waals surface area contributed by atoms with Crippen LogP contribution in [0.3, 0.4) is 0 Å². The average molecular weight is 279 g/mol. The van der Waals surface area contributed by atoms with Crippen LogP contribution in [0.25, 0.3) is 11.3 Å². The number of aromatic nitrogens is 1. The first kappa shape index (κ1) is 13.4. The molecule has 0 bridgehead atoms. The lowest BCUT2D eigenvalue weighted by Crippen LogP contribution is -2.27. The highest BCUT2D eigenvalue weighted by atomic mass is 16.1. The second kappa shape index (κ2) is 5.84. The van der Waals surface area contributed by atoms with Gasteiger partial charge in [0.1, 0.15) is 0 Å². The molecule has 2 N–H and O–H groups in total. The van der Waals surface area contributed by atoms with Crippen molar-refractivity contribution in [1.82, 2.24) is 4.98 Å². The van der Waals surface area contributed by atoms with Crippen LogP contribution in [0.5, 0.6) is 0 Å². The van der Waals surface area contributed by atoms with E-state index in [1.165, 1.54) is 0 Å². The Morgan fingerprint density at radius 2 is 2.00 bits per heavy atom. The molecule has 0 aliphatic heterocycles. The van der Waals surface area contributed by atoms with Crippen molar-refractivity contribution in [2.24, 2.45) is 5.92 Å². The summed E-state index contributed by atoms with van der Waals surface area (Å²) in [5.74, 6) is 0.326. The van der Waals surface area contributed by atoms with Gasteiger partial charge in [0.25, 0.3) is 0 Å². The van der Waals surface area contributed by atoms with Crippen molar-refractivity contribution in [3.05, 3.63) is 42.1 Å². The highest BCUT2D eigenvalue weighted by Crippen LogP contribution is 2.28. The third-order valence-electron chi connectivity index (χ3n) is 3.96. The number of anilines is 1. The highest BCUT2D eigenvalue weighted by molar-refractivity contribution is 5.93. The van der Waals surface area contributed by atoms with E-state index in [2.05, 4.69) is 16.4 Å². The van der Waals surface area contributed by atoms with E-state index in [-0.39, 0.29) is 11.8 Å². The Morgan fingerprint density at radius 3 is 2.62 bits per heavy atom. The summed E-state index contributed by atoms with van der Waals surface area (Å²) in [4.78, 5) is 15.1. The van der Waals surface area contributed by atoms with E-state index < -0.39 is 0 Å². The molecule has 1 aliphatic rings. The van der Waals surface area contributed by atoms with Gasteiger partial charge in [-0.25, -0.2) is 0 Å². The van der Waals surface area contributed by atoms with Crippen molar-refractivity contribution in [2.75, 3.05) is 5.32 Å². The molecule has 1 aromatic carbocycles. The van der Waals surface area contributed by atoms with Crippen molar-refractivity contribution in [3.63, 3.8) is 0 Å². The number of amides is 1. The maximum atomic E-state index is 11.9. The van der Waals surface area contributed by atoms with E-state index >= 15 is 0 Å². The molecular weight excluding hydrogens is 262 g/mol. The van der Waals surface area contributed by atoms with Gasteiger partial charge in [0.05, 0.1) is 12.5 Å². The van der Waals surface area contributed by atoms with Crippen LogP contribution < -0.4 is 5.32 Å². The minimum absolute atomic E-state index is 0.130. The molecule has 1 saturated carbocycles. The van der Waals surface area contributed by atoms with Crippen LogP contribution in [0.4, 0.5) is 5.69 Å². The van der Waals surface area contributed by atoms with Gasteiger partial charge in [0.2, 0.25) is 5.91 Å². The number of H-pyrrole nitrogens is 1. The van der Waals surface area contributed by atoms with Crippen molar-refractivity contribution in [2.45, 2.75) is 25.7 Å². The first-order valence-electron chi connectivity index (χ1n) is 7.22. The molecule has 0 spiro atoms. The van der Waals surface area contributed by atoms with E-state index in [1.807, 2.05) is 36.4 Å². The maximum Gasteiger partial charge on any atom is 0.227 e. The lowest BCUT2D eigenvalue weighted by molar-refractivity contribution is -0.122. The van der Waals surface area contributed by atoms with E-state index in [4.69, 9.17) is 5.26 Å². The molecule has 0 unspecified atom stereocenters. The number of benzene rings is 1. The Bertz CT molecular complexity index is 675. The average Bonchev–Trinajstić information content (AvgIpc) is 2.86. The number of nitriles is 1. The molecule has 4 heteroatoms. The molecule has 0 saturated heterocycles. The van der Waals surface area contributed by atoms with Crippen LogP contribution in [-0.4, -0.2) is 10.9 Å². The number of nitrogens with zero attached hydrogens (tertiary/aromatic N) is 1. The van der Waals surface area contributed by atoms with Crippen molar-refractivity contribution in [1.29, 1.82) is 5.26 Å². The largest absolute Gasteiger partial charge is 0.358 e. The molecule has 2 aromatic rings. The minimum Gasteiger partial charge on any atom is -0.358 e. The van der Waals surface area contributed by atoms with Crippen LogP contribution in [-0.2, 0) is 11.2 Å². The number of carbonyl (C=O) groups excluding carboxylic acids is 1. The van der Waals surface area contributed by atoms with Gasteiger partial charge in [-0.1, -0.05) is 18.6 Å². The molecule has 0 radical (unpaired) electrons. The number of rotatable bonds is 4. The van der Waals surface area contributed by atoms with E-state index in [9.17, 15) is 4.79 Å². The summed E-state index contributed by atoms with van der Waals surface area (Å²) in [7, 11) is 0. The third kappa shape index (κ3) is 2.97. The summed E-state index contributed by atoms with van der Waals surface area (Å²) in [6.45, 7) is 0. The summed E-state index contributed by atoms with van der Waals surface area (Å²) in [5.41, 5.74) is 3.77. The fraction of sp³-hybridized carbons (Fsp3) is 0.294. The van der Waals surface area contributed by atoms with Crippen LogP contribution in [0.15, 0.2) is 36.4 Å². The highest BCUT2D eigenvalue weighted by Gasteiger charge is 2.24. The van der Waals surface area contributed by atoms with E-state index in [0.29, 0.717) is 6.42 Å². The summed E-state index contributed by atoms with van der Waals surface area (Å²) in [6.07, 6.45) is 3.56. The minimum atomic E-state index is 0.130. The molecule has 0 atom stereocenters. The summed E-state index contributed by atoms with van der Waals surface area (Å²) in [6, 6.07) is 13.8. The Balaban J connectivity index is 1.68. The maximum absolute atomic E-state index is 11.9. The zero-order chi connectivity index (χ0) is 14.7. The van der Waals surface area contributed by atoms with Gasteiger partial charge in [-0.05, 0) is 42.7 Å². The summed E-state index contributed by atoms with van der Waals surface area (Å²) >= 11 is 0. The van der Waals surface area contributed by atoms with Gasteiger partial charge in [-0.15, -0.1) is 0 Å². The predicted octanol–water partition coefficient (Wildman–Crippen LogP) is 3.49. The Labute approximate surface area is 123 Å². The molecule has 1 aliphatic carbocycles. The predicted molar refractivity (Wildman–Crippen MR) is 81.5 cm³/mol. The van der Waals surface area contributed by atoms with Crippen LogP contribution in [0.1, 0.15) is 25.0 Å². The van der Waals surface area contributed by atoms with Crippen LogP contribution in [0.2, 0.25) is 0 Å². The molecular formula is C17H17N3O. The first-order valence-corrected chi connectivity index (χ1v) is 7.22. The van der Waals surface area contributed by atoms with Gasteiger partial charge in [-0.2, -0.15) is 5.26 Å². The zero-order valence-corrected chi connectivity index (χ0v) is 11.7. The molecule has 21 heavy (non-hydrogen) atoms. The topological polar surface area (TPSA) is 68.7 Å². The van der Waals surface area contributed by atoms with Gasteiger partial charge in [0, 0.05) is 23.0 Å². The standard InChI is InChI=1S/C17H17N3O/c18-11-10-15-8-9-16(19-15)12-4-6-14(7-5-12)20-17(21)13-2-1-3-13/h4-9,13,19H,1-3,10H2,(H,20,21). The quantitative estimate of drug-likeness (QED) is 0.899. The third-order valence-corrected chi connectivity index (χ3v) is 3.96. The number of hydrogen-bond donors (Lipinski definition) is 2. The number of nitrogens with one attached hydrogen (secondary N) is 2. The number of carbonyl (C=O) groups is 1. The summed E-state index contributed by atoms with van der Waals surface area (Å²) in [5, 5.41) is 11.6. The lowest BCUT2D eigenvalue weighted by Gasteiger charge is -2.24.